The van der Waals surface area contributed by atoms with Gasteiger partial charge in [-0.3, -0.25) is 15.1 Å². The topological polar surface area (TPSA) is 120 Å². The van der Waals surface area contributed by atoms with Gasteiger partial charge in [0.25, 0.3) is 5.69 Å². The maximum atomic E-state index is 14.2. The summed E-state index contributed by atoms with van der Waals surface area (Å²) in [7, 11) is 0. The molecular formula is C19H15F2IN2O6. The predicted octanol–water partition coefficient (Wildman–Crippen LogP) is 5.21. The molecule has 1 aromatic heterocycles. The number of ether oxygens (including phenoxy) is 1. The van der Waals surface area contributed by atoms with Gasteiger partial charge in [0.1, 0.15) is 5.75 Å². The Balaban J connectivity index is 2.09. The van der Waals surface area contributed by atoms with E-state index in [1.54, 1.807) is 13.8 Å². The summed E-state index contributed by atoms with van der Waals surface area (Å²) in [6.07, 6.45) is 1.28. The van der Waals surface area contributed by atoms with Crippen molar-refractivity contribution in [3.8, 4) is 11.5 Å². The van der Waals surface area contributed by atoms with Crippen molar-refractivity contribution in [2.45, 2.75) is 17.5 Å². The van der Waals surface area contributed by atoms with Crippen LogP contribution in [0.15, 0.2) is 42.6 Å². The molecule has 1 atom stereocenters. The summed E-state index contributed by atoms with van der Waals surface area (Å²) in [5, 5.41) is 21.7. The summed E-state index contributed by atoms with van der Waals surface area (Å²) < 4.78 is 55.2. The van der Waals surface area contributed by atoms with Crippen LogP contribution >= 0.6 is 19.8 Å². The van der Waals surface area contributed by atoms with Gasteiger partial charge in [-0.15, -0.1) is 0 Å². The number of halogens is 3. The molecule has 0 saturated carbocycles. The van der Waals surface area contributed by atoms with E-state index in [0.717, 1.165) is 0 Å². The zero-order valence-corrected chi connectivity index (χ0v) is 17.8. The van der Waals surface area contributed by atoms with Crippen molar-refractivity contribution in [3.63, 3.8) is 0 Å². The normalized spacial score (nSPS) is 13.6. The summed E-state index contributed by atoms with van der Waals surface area (Å²) in [5.74, 6) is -3.97. The third-order valence-electron chi connectivity index (χ3n) is 4.51. The summed E-state index contributed by atoms with van der Waals surface area (Å²) >= 11 is -4.21. The molecule has 0 saturated heterocycles. The lowest BCUT2D eigenvalue weighted by Crippen LogP contribution is -2.26. The summed E-state index contributed by atoms with van der Waals surface area (Å²) in [6, 6.07) is 6.57. The first-order valence-electron chi connectivity index (χ1n) is 8.54. The fourth-order valence-corrected chi connectivity index (χ4v) is 4.75. The lowest BCUT2D eigenvalue weighted by atomic mass is 9.98. The molecule has 0 amide bonds. The molecule has 1 heterocycles. The Morgan fingerprint density at radius 3 is 2.33 bits per heavy atom. The smallest absolute Gasteiger partial charge is 0.345 e. The molecular weight excluding hydrogens is 517 g/mol. The molecule has 11 heteroatoms. The average Bonchev–Trinajstić information content (AvgIpc) is 2.69. The molecule has 30 heavy (non-hydrogen) atoms. The van der Waals surface area contributed by atoms with Gasteiger partial charge < -0.3 is 9.84 Å². The third-order valence-corrected chi connectivity index (χ3v) is 7.73. The van der Waals surface area contributed by atoms with Crippen LogP contribution in [0.5, 0.6) is 11.5 Å². The Bertz CT molecular complexity index is 1200. The van der Waals surface area contributed by atoms with E-state index in [1.807, 2.05) is 0 Å². The molecule has 158 valence electrons. The minimum atomic E-state index is -4.21. The molecule has 0 bridgehead atoms. The number of hydrogen-bond acceptors (Lipinski definition) is 7. The Labute approximate surface area is 175 Å². The quantitative estimate of drug-likeness (QED) is 0.200. The molecule has 0 spiro atoms. The van der Waals surface area contributed by atoms with E-state index >= 15 is 0 Å². The second-order valence-electron chi connectivity index (χ2n) is 6.68. The maximum Gasteiger partial charge on any atom is 0.345 e. The second-order valence-corrected chi connectivity index (χ2v) is 9.57. The van der Waals surface area contributed by atoms with Crippen LogP contribution in [0.4, 0.5) is 14.5 Å². The van der Waals surface area contributed by atoms with Gasteiger partial charge in [0, 0.05) is 23.1 Å². The lowest BCUT2D eigenvalue weighted by Gasteiger charge is -2.25. The Kier molecular flexibility index (Phi) is 5.94. The lowest BCUT2D eigenvalue weighted by molar-refractivity contribution is -0.385. The average molecular weight is 532 g/mol. The third kappa shape index (κ3) is 3.81. The van der Waals surface area contributed by atoms with Gasteiger partial charge in [0.15, 0.2) is 17.4 Å². The SMILES string of the molecule is CC(C)C(O)(c1ccc2c(Oc3c(F)cc([N+](=O)[O-])cc3F)ccnc2c1)I(=O)=O. The number of fused-ring (bicyclic) bond motifs is 1. The first-order valence-corrected chi connectivity index (χ1v) is 11.4. The van der Waals surface area contributed by atoms with Crippen molar-refractivity contribution >= 4 is 36.4 Å². The number of pyridine rings is 1. The van der Waals surface area contributed by atoms with E-state index in [2.05, 4.69) is 4.98 Å². The number of alkyl halides is 1. The van der Waals surface area contributed by atoms with E-state index in [4.69, 9.17) is 4.74 Å². The molecule has 3 rings (SSSR count). The number of rotatable bonds is 6. The van der Waals surface area contributed by atoms with Crippen molar-refractivity contribution in [1.82, 2.24) is 4.98 Å². The fraction of sp³-hybridized carbons (Fsp3) is 0.211. The van der Waals surface area contributed by atoms with E-state index in [1.165, 1.54) is 30.5 Å². The van der Waals surface area contributed by atoms with Crippen molar-refractivity contribution in [2.75, 3.05) is 0 Å². The number of benzene rings is 2. The molecule has 0 aliphatic rings. The number of nitro benzene ring substituents is 1. The highest BCUT2D eigenvalue weighted by molar-refractivity contribution is 14.2. The number of nitro groups is 1. The van der Waals surface area contributed by atoms with E-state index in [-0.39, 0.29) is 16.8 Å². The van der Waals surface area contributed by atoms with Gasteiger partial charge in [-0.25, -0.2) is 14.9 Å². The molecule has 0 radical (unpaired) electrons. The zero-order valence-electron chi connectivity index (χ0n) is 15.6. The second kappa shape index (κ2) is 8.14. The van der Waals surface area contributed by atoms with Crippen molar-refractivity contribution in [2.24, 2.45) is 5.92 Å². The fourth-order valence-electron chi connectivity index (χ4n) is 2.89. The molecule has 1 unspecified atom stereocenters. The van der Waals surface area contributed by atoms with Gasteiger partial charge in [-0.2, -0.15) is 0 Å². The van der Waals surface area contributed by atoms with Crippen molar-refractivity contribution < 1.29 is 29.7 Å². The first kappa shape index (κ1) is 21.9. The van der Waals surface area contributed by atoms with E-state index < -0.39 is 57.3 Å². The Morgan fingerprint density at radius 2 is 1.80 bits per heavy atom. The van der Waals surface area contributed by atoms with Crippen molar-refractivity contribution in [1.29, 1.82) is 0 Å². The molecule has 2 aromatic carbocycles. The van der Waals surface area contributed by atoms with Crippen LogP contribution in [0, 0.1) is 27.7 Å². The number of hydrogen-bond donors (Lipinski definition) is 1. The van der Waals surface area contributed by atoms with Crippen LogP contribution in [0.25, 0.3) is 10.9 Å². The number of nitrogens with zero attached hydrogens (tertiary/aromatic N) is 2. The Morgan fingerprint density at radius 1 is 1.17 bits per heavy atom. The molecule has 0 aliphatic carbocycles. The minimum Gasteiger partial charge on any atom is -0.450 e. The highest BCUT2D eigenvalue weighted by Crippen LogP contribution is 2.45. The van der Waals surface area contributed by atoms with Crippen LogP contribution in [-0.2, 0) is 9.75 Å². The van der Waals surface area contributed by atoms with Gasteiger partial charge in [0.2, 0.25) is 3.61 Å². The summed E-state index contributed by atoms with van der Waals surface area (Å²) in [5.41, 5.74) is -0.411. The van der Waals surface area contributed by atoms with Crippen LogP contribution in [0.3, 0.4) is 0 Å². The van der Waals surface area contributed by atoms with E-state index in [0.29, 0.717) is 17.5 Å². The van der Waals surface area contributed by atoms with Crippen LogP contribution in [0.2, 0.25) is 0 Å². The monoisotopic (exact) mass is 532 g/mol. The summed E-state index contributed by atoms with van der Waals surface area (Å²) in [4.78, 5) is 13.9. The zero-order chi connectivity index (χ0) is 22.2. The molecule has 0 aliphatic heterocycles. The first-order chi connectivity index (χ1) is 14.1. The predicted molar refractivity (Wildman–Crippen MR) is 109 cm³/mol. The van der Waals surface area contributed by atoms with Crippen molar-refractivity contribution in [3.05, 3.63) is 69.9 Å². The van der Waals surface area contributed by atoms with Crippen LogP contribution in [-0.4, -0.2) is 15.0 Å². The summed E-state index contributed by atoms with van der Waals surface area (Å²) in [6.45, 7) is 3.13. The molecule has 1 N–H and O–H groups in total. The van der Waals surface area contributed by atoms with Crippen LogP contribution < -0.4 is 4.74 Å². The van der Waals surface area contributed by atoms with Gasteiger partial charge >= 0.3 is 19.8 Å². The standard InChI is InChI=1S/C19H15F2IN2O6/c1-10(2)19(25,22(26)27)11-3-4-13-16(7-11)23-6-5-17(13)30-18-14(20)8-12(24(28)29)9-15(18)21/h3-10,25H,1-2H3. The number of aliphatic hydroxyl groups is 1. The minimum absolute atomic E-state index is 0.00843. The molecule has 8 nitrogen and oxygen atoms in total. The molecule has 0 fully saturated rings. The highest BCUT2D eigenvalue weighted by atomic mass is 127. The maximum absolute atomic E-state index is 14.2. The van der Waals surface area contributed by atoms with Gasteiger partial charge in [-0.05, 0) is 18.2 Å². The number of aromatic nitrogens is 1. The molecule has 3 aromatic rings. The largest absolute Gasteiger partial charge is 0.450 e. The van der Waals surface area contributed by atoms with Gasteiger partial charge in [-0.1, -0.05) is 19.9 Å². The number of non-ortho nitro benzene ring substituents is 1. The highest BCUT2D eigenvalue weighted by Gasteiger charge is 2.40. The van der Waals surface area contributed by atoms with Gasteiger partial charge in [0.05, 0.1) is 22.6 Å². The Hall–Kier alpha value is -2.80. The van der Waals surface area contributed by atoms with Crippen LogP contribution in [0.1, 0.15) is 19.4 Å². The van der Waals surface area contributed by atoms with E-state index in [9.17, 15) is 30.1 Å².